The zero-order chi connectivity index (χ0) is 10.8. The summed E-state index contributed by atoms with van der Waals surface area (Å²) in [5.41, 5.74) is 1.08. The SMILES string of the molecule is c1cc(CNC2CC2)nc(OCC2CC2)c1. The van der Waals surface area contributed by atoms with Gasteiger partial charge in [0.25, 0.3) is 0 Å². The summed E-state index contributed by atoms with van der Waals surface area (Å²) in [6.45, 7) is 1.71. The predicted molar refractivity (Wildman–Crippen MR) is 62.3 cm³/mol. The van der Waals surface area contributed by atoms with Crippen molar-refractivity contribution in [2.45, 2.75) is 38.3 Å². The molecule has 2 fully saturated rings. The fraction of sp³-hybridized carbons (Fsp3) is 0.615. The van der Waals surface area contributed by atoms with Crippen LogP contribution in [0.15, 0.2) is 18.2 Å². The van der Waals surface area contributed by atoms with Gasteiger partial charge < -0.3 is 10.1 Å². The van der Waals surface area contributed by atoms with Crippen LogP contribution < -0.4 is 10.1 Å². The Hall–Kier alpha value is -1.09. The average Bonchev–Trinajstić information content (AvgIpc) is 3.17. The molecule has 3 rings (SSSR count). The maximum atomic E-state index is 5.65. The standard InChI is InChI=1S/C13H18N2O/c1-2-12(8-14-11-6-7-11)15-13(3-1)16-9-10-4-5-10/h1-3,10-11,14H,4-9H2. The summed E-state index contributed by atoms with van der Waals surface area (Å²) in [4.78, 5) is 4.49. The predicted octanol–water partition coefficient (Wildman–Crippen LogP) is 2.12. The molecule has 0 bridgehead atoms. The maximum absolute atomic E-state index is 5.65. The summed E-state index contributed by atoms with van der Waals surface area (Å²) in [7, 11) is 0. The third-order valence-electron chi connectivity index (χ3n) is 3.09. The first-order valence-corrected chi connectivity index (χ1v) is 6.22. The zero-order valence-electron chi connectivity index (χ0n) is 9.48. The van der Waals surface area contributed by atoms with Crippen LogP contribution in [0.4, 0.5) is 0 Å². The number of nitrogens with one attached hydrogen (secondary N) is 1. The van der Waals surface area contributed by atoms with E-state index in [9.17, 15) is 0 Å². The Bertz CT molecular complexity index is 327. The van der Waals surface area contributed by atoms with Gasteiger partial charge in [0.15, 0.2) is 0 Å². The Morgan fingerprint density at radius 2 is 2.12 bits per heavy atom. The van der Waals surface area contributed by atoms with Crippen molar-refractivity contribution < 1.29 is 4.74 Å². The highest BCUT2D eigenvalue weighted by atomic mass is 16.5. The van der Waals surface area contributed by atoms with Gasteiger partial charge in [-0.15, -0.1) is 0 Å². The molecule has 0 saturated heterocycles. The highest BCUT2D eigenvalue weighted by molar-refractivity contribution is 5.16. The second kappa shape index (κ2) is 4.42. The minimum absolute atomic E-state index is 0.734. The first-order chi connectivity index (χ1) is 7.90. The van der Waals surface area contributed by atoms with Crippen LogP contribution in [0.1, 0.15) is 31.4 Å². The molecule has 3 heteroatoms. The molecule has 0 unspecified atom stereocenters. The van der Waals surface area contributed by atoms with Gasteiger partial charge in [-0.1, -0.05) is 6.07 Å². The van der Waals surface area contributed by atoms with Crippen molar-refractivity contribution in [3.05, 3.63) is 23.9 Å². The fourth-order valence-electron chi connectivity index (χ4n) is 1.66. The molecule has 86 valence electrons. The summed E-state index contributed by atoms with van der Waals surface area (Å²) in [5.74, 6) is 1.57. The number of rotatable bonds is 6. The topological polar surface area (TPSA) is 34.2 Å². The average molecular weight is 218 g/mol. The Morgan fingerprint density at radius 3 is 2.88 bits per heavy atom. The summed E-state index contributed by atoms with van der Waals surface area (Å²) >= 11 is 0. The lowest BCUT2D eigenvalue weighted by Crippen LogP contribution is -2.16. The smallest absolute Gasteiger partial charge is 0.213 e. The zero-order valence-corrected chi connectivity index (χ0v) is 9.48. The first-order valence-electron chi connectivity index (χ1n) is 6.22. The molecule has 0 amide bonds. The third kappa shape index (κ3) is 2.95. The van der Waals surface area contributed by atoms with E-state index in [0.717, 1.165) is 36.7 Å². The van der Waals surface area contributed by atoms with Gasteiger partial charge in [-0.2, -0.15) is 0 Å². The summed E-state index contributed by atoms with van der Waals surface area (Å²) in [5, 5.41) is 3.46. The molecule has 2 aliphatic rings. The van der Waals surface area contributed by atoms with Crippen LogP contribution in [0.3, 0.4) is 0 Å². The highest BCUT2D eigenvalue weighted by Gasteiger charge is 2.22. The second-order valence-electron chi connectivity index (χ2n) is 4.88. The van der Waals surface area contributed by atoms with E-state index in [4.69, 9.17) is 4.74 Å². The molecule has 0 aliphatic heterocycles. The molecular weight excluding hydrogens is 200 g/mol. The van der Waals surface area contributed by atoms with Crippen LogP contribution in [0.2, 0.25) is 0 Å². The van der Waals surface area contributed by atoms with Gasteiger partial charge in [-0.3, -0.25) is 0 Å². The number of nitrogens with zero attached hydrogens (tertiary/aromatic N) is 1. The number of hydrogen-bond donors (Lipinski definition) is 1. The molecule has 0 aromatic carbocycles. The Labute approximate surface area is 96.2 Å². The van der Waals surface area contributed by atoms with Crippen molar-refractivity contribution in [3.63, 3.8) is 0 Å². The van der Waals surface area contributed by atoms with Gasteiger partial charge in [-0.25, -0.2) is 4.98 Å². The van der Waals surface area contributed by atoms with Crippen LogP contribution in [0.5, 0.6) is 5.88 Å². The molecule has 1 heterocycles. The van der Waals surface area contributed by atoms with Crippen molar-refractivity contribution in [1.29, 1.82) is 0 Å². The van der Waals surface area contributed by atoms with Crippen LogP contribution in [-0.4, -0.2) is 17.6 Å². The summed E-state index contributed by atoms with van der Waals surface area (Å²) < 4.78 is 5.65. The lowest BCUT2D eigenvalue weighted by atomic mass is 10.3. The van der Waals surface area contributed by atoms with E-state index in [-0.39, 0.29) is 0 Å². The van der Waals surface area contributed by atoms with Crippen molar-refractivity contribution in [2.75, 3.05) is 6.61 Å². The third-order valence-corrected chi connectivity index (χ3v) is 3.09. The molecule has 1 aromatic rings. The quantitative estimate of drug-likeness (QED) is 0.794. The highest BCUT2D eigenvalue weighted by Crippen LogP contribution is 2.29. The van der Waals surface area contributed by atoms with E-state index in [1.54, 1.807) is 0 Å². The summed E-state index contributed by atoms with van der Waals surface area (Å²) in [6.07, 6.45) is 5.28. The van der Waals surface area contributed by atoms with Gasteiger partial charge >= 0.3 is 0 Å². The van der Waals surface area contributed by atoms with E-state index in [2.05, 4.69) is 16.4 Å². The number of aromatic nitrogens is 1. The molecule has 1 aromatic heterocycles. The van der Waals surface area contributed by atoms with Gasteiger partial charge in [0.2, 0.25) is 5.88 Å². The molecule has 0 radical (unpaired) electrons. The maximum Gasteiger partial charge on any atom is 0.213 e. The lowest BCUT2D eigenvalue weighted by molar-refractivity contribution is 0.287. The fourth-order valence-corrected chi connectivity index (χ4v) is 1.66. The van der Waals surface area contributed by atoms with Gasteiger partial charge in [0, 0.05) is 18.7 Å². The van der Waals surface area contributed by atoms with E-state index in [1.165, 1.54) is 25.7 Å². The minimum atomic E-state index is 0.734. The van der Waals surface area contributed by atoms with Crippen LogP contribution in [0, 0.1) is 5.92 Å². The van der Waals surface area contributed by atoms with Crippen LogP contribution in [0.25, 0.3) is 0 Å². The Kier molecular flexibility index (Phi) is 2.79. The molecule has 3 nitrogen and oxygen atoms in total. The number of ether oxygens (including phenoxy) is 1. The number of pyridine rings is 1. The first kappa shape index (κ1) is 10.1. The lowest BCUT2D eigenvalue weighted by Gasteiger charge is -2.06. The van der Waals surface area contributed by atoms with Crippen molar-refractivity contribution in [2.24, 2.45) is 5.92 Å². The van der Waals surface area contributed by atoms with E-state index in [0.29, 0.717) is 0 Å². The van der Waals surface area contributed by atoms with E-state index >= 15 is 0 Å². The normalized spacial score (nSPS) is 19.8. The Morgan fingerprint density at radius 1 is 1.25 bits per heavy atom. The second-order valence-corrected chi connectivity index (χ2v) is 4.88. The van der Waals surface area contributed by atoms with E-state index in [1.807, 2.05) is 12.1 Å². The van der Waals surface area contributed by atoms with Crippen LogP contribution >= 0.6 is 0 Å². The molecule has 1 N–H and O–H groups in total. The molecule has 0 atom stereocenters. The molecular formula is C13H18N2O. The van der Waals surface area contributed by atoms with E-state index < -0.39 is 0 Å². The molecule has 16 heavy (non-hydrogen) atoms. The van der Waals surface area contributed by atoms with Crippen molar-refractivity contribution in [1.82, 2.24) is 10.3 Å². The summed E-state index contributed by atoms with van der Waals surface area (Å²) in [6, 6.07) is 6.76. The largest absolute Gasteiger partial charge is 0.477 e. The van der Waals surface area contributed by atoms with Gasteiger partial charge in [-0.05, 0) is 37.7 Å². The van der Waals surface area contributed by atoms with Gasteiger partial charge in [0.1, 0.15) is 0 Å². The van der Waals surface area contributed by atoms with Gasteiger partial charge in [0.05, 0.1) is 12.3 Å². The van der Waals surface area contributed by atoms with Crippen molar-refractivity contribution >= 4 is 0 Å². The van der Waals surface area contributed by atoms with Crippen molar-refractivity contribution in [3.8, 4) is 5.88 Å². The molecule has 2 aliphatic carbocycles. The number of hydrogen-bond acceptors (Lipinski definition) is 3. The Balaban J connectivity index is 1.52. The minimum Gasteiger partial charge on any atom is -0.477 e. The van der Waals surface area contributed by atoms with Crippen LogP contribution in [-0.2, 0) is 6.54 Å². The molecule has 0 spiro atoms. The monoisotopic (exact) mass is 218 g/mol. The molecule has 2 saturated carbocycles.